The first-order valence-electron chi connectivity index (χ1n) is 11.4. The Kier molecular flexibility index (Phi) is 8.38. The molecule has 2 atom stereocenters. The lowest BCUT2D eigenvalue weighted by atomic mass is 10.2. The summed E-state index contributed by atoms with van der Waals surface area (Å²) >= 11 is 0. The number of hydrogen-bond donors (Lipinski definition) is 2. The molecule has 3 heterocycles. The quantitative estimate of drug-likeness (QED) is 0.351. The molecule has 1 fully saturated rings. The van der Waals surface area contributed by atoms with Crippen LogP contribution in [-0.4, -0.2) is 89.8 Å². The number of nitrogens with zero attached hydrogens (tertiary/aromatic N) is 6. The highest BCUT2D eigenvalue weighted by Gasteiger charge is 2.24. The van der Waals surface area contributed by atoms with Gasteiger partial charge in [-0.1, -0.05) is 12.1 Å². The van der Waals surface area contributed by atoms with Crippen molar-refractivity contribution in [1.29, 1.82) is 0 Å². The minimum absolute atomic E-state index is 0.139. The van der Waals surface area contributed by atoms with Gasteiger partial charge >= 0.3 is 0 Å². The predicted molar refractivity (Wildman–Crippen MR) is 130 cm³/mol. The lowest BCUT2D eigenvalue weighted by Crippen LogP contribution is -2.44. The molecule has 0 bridgehead atoms. The van der Waals surface area contributed by atoms with Crippen molar-refractivity contribution in [3.63, 3.8) is 0 Å². The molecule has 37 heavy (non-hydrogen) atoms. The molecule has 0 aliphatic carbocycles. The number of aryl methyl sites for hydroxylation is 1. The third-order valence-corrected chi connectivity index (χ3v) is 6.01. The Balaban J connectivity index is 1.34. The summed E-state index contributed by atoms with van der Waals surface area (Å²) in [6.45, 7) is 2.87. The molecule has 2 unspecified atom stereocenters. The maximum atomic E-state index is 12.7. The number of benzene rings is 1. The Bertz CT molecular complexity index is 1340. The molecule has 1 amide bonds. The average molecular weight is 533 g/mol. The van der Waals surface area contributed by atoms with Crippen LogP contribution in [0.15, 0.2) is 30.3 Å². The average Bonchev–Trinajstić information content (AvgIpc) is 3.34. The second-order valence-electron chi connectivity index (χ2n) is 8.42. The number of carbonyl (C=O) groups excluding carboxylic acids is 1. The Morgan fingerprint density at radius 1 is 1.19 bits per heavy atom. The van der Waals surface area contributed by atoms with E-state index in [1.165, 1.54) is 10.9 Å². The van der Waals surface area contributed by atoms with Crippen molar-refractivity contribution in [1.82, 2.24) is 40.2 Å². The highest BCUT2D eigenvalue weighted by Crippen LogP contribution is 2.15. The highest BCUT2D eigenvalue weighted by atomic mass is 32.2. The number of nitrogens with one attached hydrogen (secondary N) is 2. The molecular formula is C22H28N8O6S. The van der Waals surface area contributed by atoms with Gasteiger partial charge < -0.3 is 19.5 Å². The van der Waals surface area contributed by atoms with Gasteiger partial charge in [-0.2, -0.15) is 4.80 Å². The lowest BCUT2D eigenvalue weighted by Gasteiger charge is -2.29. The molecule has 1 saturated heterocycles. The fraction of sp³-hybridized carbons (Fsp3) is 0.455. The summed E-state index contributed by atoms with van der Waals surface area (Å²) in [5, 5.41) is 15.3. The summed E-state index contributed by atoms with van der Waals surface area (Å²) in [5.74, 6) is 0.960. The number of tetrazole rings is 1. The maximum absolute atomic E-state index is 12.7. The van der Waals surface area contributed by atoms with Gasteiger partial charge in [0.2, 0.25) is 15.8 Å². The van der Waals surface area contributed by atoms with Crippen LogP contribution in [0.1, 0.15) is 21.9 Å². The zero-order valence-corrected chi connectivity index (χ0v) is 21.4. The molecule has 2 aromatic heterocycles. The van der Waals surface area contributed by atoms with Crippen molar-refractivity contribution >= 4 is 15.9 Å². The number of rotatable bonds is 10. The monoisotopic (exact) mass is 532 g/mol. The second kappa shape index (κ2) is 11.7. The molecule has 1 aromatic carbocycles. The molecular weight excluding hydrogens is 504 g/mol. The van der Waals surface area contributed by atoms with E-state index in [-0.39, 0.29) is 55.9 Å². The van der Waals surface area contributed by atoms with Crippen LogP contribution in [0.25, 0.3) is 11.5 Å². The molecule has 14 nitrogen and oxygen atoms in total. The van der Waals surface area contributed by atoms with E-state index >= 15 is 0 Å². The van der Waals surface area contributed by atoms with E-state index in [9.17, 15) is 13.2 Å². The molecule has 3 aromatic rings. The van der Waals surface area contributed by atoms with Crippen molar-refractivity contribution in [2.24, 2.45) is 0 Å². The van der Waals surface area contributed by atoms with Gasteiger partial charge in [0.05, 0.1) is 39.2 Å². The SMILES string of the molecule is COc1cccc(CNC(=O)c2cc(-c3nnn(CC4COC(CNS(C)(=O)=O)CO4)n3)nc(C)n2)c1. The van der Waals surface area contributed by atoms with Gasteiger partial charge in [-0.05, 0) is 35.9 Å². The Hall–Kier alpha value is -3.53. The first-order chi connectivity index (χ1) is 17.7. The summed E-state index contributed by atoms with van der Waals surface area (Å²) in [4.78, 5) is 22.7. The highest BCUT2D eigenvalue weighted by molar-refractivity contribution is 7.88. The van der Waals surface area contributed by atoms with Crippen LogP contribution in [0.3, 0.4) is 0 Å². The van der Waals surface area contributed by atoms with Gasteiger partial charge in [-0.25, -0.2) is 23.1 Å². The van der Waals surface area contributed by atoms with Crippen LogP contribution in [0.2, 0.25) is 0 Å². The zero-order valence-electron chi connectivity index (χ0n) is 20.6. The molecule has 1 aliphatic rings. The van der Waals surface area contributed by atoms with Crippen LogP contribution in [0.4, 0.5) is 0 Å². The third kappa shape index (κ3) is 7.72. The normalized spacial score (nSPS) is 17.9. The summed E-state index contributed by atoms with van der Waals surface area (Å²) < 4.78 is 41.5. The first-order valence-corrected chi connectivity index (χ1v) is 13.3. The van der Waals surface area contributed by atoms with Crippen molar-refractivity contribution in [3.05, 3.63) is 47.4 Å². The fourth-order valence-electron chi connectivity index (χ4n) is 3.51. The minimum Gasteiger partial charge on any atom is -0.497 e. The summed E-state index contributed by atoms with van der Waals surface area (Å²) in [6.07, 6.45) is 0.383. The molecule has 4 rings (SSSR count). The van der Waals surface area contributed by atoms with Crippen molar-refractivity contribution in [2.75, 3.05) is 33.1 Å². The number of amides is 1. The van der Waals surface area contributed by atoms with E-state index in [1.807, 2.05) is 24.3 Å². The van der Waals surface area contributed by atoms with Crippen molar-refractivity contribution in [2.45, 2.75) is 32.2 Å². The van der Waals surface area contributed by atoms with E-state index < -0.39 is 10.0 Å². The second-order valence-corrected chi connectivity index (χ2v) is 10.3. The zero-order chi connectivity index (χ0) is 26.4. The molecule has 198 valence electrons. The van der Waals surface area contributed by atoms with E-state index in [4.69, 9.17) is 14.2 Å². The first kappa shape index (κ1) is 26.5. The predicted octanol–water partition coefficient (Wildman–Crippen LogP) is -0.290. The van der Waals surface area contributed by atoms with Crippen LogP contribution >= 0.6 is 0 Å². The summed E-state index contributed by atoms with van der Waals surface area (Å²) in [6, 6.07) is 8.91. The van der Waals surface area contributed by atoms with Crippen LogP contribution in [0, 0.1) is 6.92 Å². The van der Waals surface area contributed by atoms with Crippen LogP contribution < -0.4 is 14.8 Å². The number of hydrogen-bond acceptors (Lipinski definition) is 11. The topological polar surface area (TPSA) is 172 Å². The number of ether oxygens (including phenoxy) is 3. The molecule has 0 saturated carbocycles. The van der Waals surface area contributed by atoms with Crippen molar-refractivity contribution in [3.8, 4) is 17.3 Å². The van der Waals surface area contributed by atoms with Gasteiger partial charge in [0.1, 0.15) is 29.1 Å². The Morgan fingerprint density at radius 2 is 1.97 bits per heavy atom. The van der Waals surface area contributed by atoms with Gasteiger partial charge in [-0.3, -0.25) is 4.79 Å². The fourth-order valence-corrected chi connectivity index (χ4v) is 4.00. The number of carbonyl (C=O) groups is 1. The van der Waals surface area contributed by atoms with E-state index in [0.717, 1.165) is 11.8 Å². The smallest absolute Gasteiger partial charge is 0.270 e. The molecule has 15 heteroatoms. The van der Waals surface area contributed by atoms with Gasteiger partial charge in [-0.15, -0.1) is 10.2 Å². The van der Waals surface area contributed by atoms with Crippen LogP contribution in [0.5, 0.6) is 5.75 Å². The largest absolute Gasteiger partial charge is 0.497 e. The van der Waals surface area contributed by atoms with Gasteiger partial charge in [0, 0.05) is 13.1 Å². The number of methoxy groups -OCH3 is 1. The van der Waals surface area contributed by atoms with E-state index in [2.05, 4.69) is 35.4 Å². The Labute approximate surface area is 213 Å². The lowest BCUT2D eigenvalue weighted by molar-refractivity contribution is -0.136. The molecule has 0 spiro atoms. The summed E-state index contributed by atoms with van der Waals surface area (Å²) in [7, 11) is -1.71. The molecule has 2 N–H and O–H groups in total. The third-order valence-electron chi connectivity index (χ3n) is 5.32. The maximum Gasteiger partial charge on any atom is 0.270 e. The Morgan fingerprint density at radius 3 is 2.70 bits per heavy atom. The van der Waals surface area contributed by atoms with E-state index in [1.54, 1.807) is 14.0 Å². The molecule has 0 radical (unpaired) electrons. The number of aromatic nitrogens is 6. The van der Waals surface area contributed by atoms with E-state index in [0.29, 0.717) is 23.8 Å². The number of sulfonamides is 1. The molecule has 1 aliphatic heterocycles. The van der Waals surface area contributed by atoms with Crippen LogP contribution in [-0.2, 0) is 32.6 Å². The van der Waals surface area contributed by atoms with Crippen molar-refractivity contribution < 1.29 is 27.4 Å². The summed E-state index contributed by atoms with van der Waals surface area (Å²) in [5.41, 5.74) is 1.42. The van der Waals surface area contributed by atoms with Gasteiger partial charge in [0.15, 0.2) is 0 Å². The van der Waals surface area contributed by atoms with Gasteiger partial charge in [0.25, 0.3) is 5.91 Å². The minimum atomic E-state index is -3.30. The standard InChI is InChI=1S/C22H28N8O6S/c1-14-25-19(8-20(26-14)22(31)23-9-15-5-4-6-16(7-15)34-2)21-27-29-30(28-21)11-18-13-35-17(12-36-18)10-24-37(3,32)33/h4-8,17-18,24H,9-13H2,1-3H3,(H,23,31).